The van der Waals surface area contributed by atoms with Gasteiger partial charge in [0, 0.05) is 35.2 Å². The summed E-state index contributed by atoms with van der Waals surface area (Å²) in [6, 6.07) is 16.7. The minimum atomic E-state index is -0.904. The summed E-state index contributed by atoms with van der Waals surface area (Å²) in [6.07, 6.45) is 0. The van der Waals surface area contributed by atoms with E-state index in [2.05, 4.69) is 11.0 Å². The highest BCUT2D eigenvalue weighted by Gasteiger charge is 2.45. The molecule has 8 heteroatoms. The molecule has 3 heterocycles. The van der Waals surface area contributed by atoms with Gasteiger partial charge in [0.15, 0.2) is 11.5 Å². The average Bonchev–Trinajstić information content (AvgIpc) is 2.90. The minimum Gasteiger partial charge on any atom is -0.436 e. The van der Waals surface area contributed by atoms with Crippen LogP contribution in [-0.2, 0) is 9.47 Å². The van der Waals surface area contributed by atoms with Gasteiger partial charge in [-0.05, 0) is 25.1 Å². The quantitative estimate of drug-likeness (QED) is 0.594. The van der Waals surface area contributed by atoms with Crippen molar-refractivity contribution in [2.45, 2.75) is 12.8 Å². The Morgan fingerprint density at radius 3 is 2.50 bits per heavy atom. The maximum Gasteiger partial charge on any atom is 0.229 e. The van der Waals surface area contributed by atoms with E-state index in [4.69, 9.17) is 20.2 Å². The SMILES string of the molecule is Cc1ccc2nc(N3CCOCC3)c(C3C(C#N)=C(N)OC4=C3C(=O)c3ccccc3C4=O)cc2c1. The molecule has 1 aromatic heterocycles. The zero-order valence-corrected chi connectivity index (χ0v) is 19.6. The van der Waals surface area contributed by atoms with E-state index in [1.54, 1.807) is 24.3 Å². The highest BCUT2D eigenvalue weighted by Crippen LogP contribution is 2.47. The molecule has 3 aliphatic rings. The smallest absolute Gasteiger partial charge is 0.229 e. The third kappa shape index (κ3) is 3.28. The highest BCUT2D eigenvalue weighted by atomic mass is 16.5. The van der Waals surface area contributed by atoms with Crippen molar-refractivity contribution in [3.63, 3.8) is 0 Å². The van der Waals surface area contributed by atoms with Crippen LogP contribution in [0, 0.1) is 18.3 Å². The van der Waals surface area contributed by atoms with Crippen molar-refractivity contribution in [3.8, 4) is 6.07 Å². The molecule has 36 heavy (non-hydrogen) atoms. The molecule has 1 fully saturated rings. The molecule has 2 aromatic carbocycles. The topological polar surface area (TPSA) is 119 Å². The second-order valence-corrected chi connectivity index (χ2v) is 9.07. The summed E-state index contributed by atoms with van der Waals surface area (Å²) in [4.78, 5) is 34.3. The number of aryl methyl sites for hydroxylation is 1. The minimum absolute atomic E-state index is 0.0811. The zero-order valence-electron chi connectivity index (χ0n) is 19.6. The first-order chi connectivity index (χ1) is 17.5. The number of carbonyl (C=O) groups excluding carboxylic acids is 2. The fourth-order valence-corrected chi connectivity index (χ4v) is 5.16. The number of allylic oxidation sites excluding steroid dienone is 3. The molecular formula is C28H22N4O4. The molecular weight excluding hydrogens is 456 g/mol. The Kier molecular flexibility index (Phi) is 5.09. The van der Waals surface area contributed by atoms with Crippen LogP contribution in [0.25, 0.3) is 10.9 Å². The Hall–Kier alpha value is -4.48. The number of pyridine rings is 1. The largest absolute Gasteiger partial charge is 0.436 e. The van der Waals surface area contributed by atoms with Crippen molar-refractivity contribution >= 4 is 28.3 Å². The van der Waals surface area contributed by atoms with Crippen LogP contribution in [0.5, 0.6) is 0 Å². The molecule has 0 radical (unpaired) electrons. The maximum atomic E-state index is 13.8. The van der Waals surface area contributed by atoms with E-state index in [-0.39, 0.29) is 39.7 Å². The number of hydrogen-bond donors (Lipinski definition) is 1. The lowest BCUT2D eigenvalue weighted by molar-refractivity contribution is 0.0897. The Labute approximate surface area is 207 Å². The molecule has 1 saturated heterocycles. The van der Waals surface area contributed by atoms with Gasteiger partial charge in [-0.25, -0.2) is 4.98 Å². The van der Waals surface area contributed by atoms with Gasteiger partial charge < -0.3 is 20.1 Å². The number of carbonyl (C=O) groups is 2. The van der Waals surface area contributed by atoms with Gasteiger partial charge >= 0.3 is 0 Å². The molecule has 0 saturated carbocycles. The second-order valence-electron chi connectivity index (χ2n) is 9.07. The van der Waals surface area contributed by atoms with Gasteiger partial charge in [-0.2, -0.15) is 5.26 Å². The summed E-state index contributed by atoms with van der Waals surface area (Å²) in [6.45, 7) is 4.25. The molecule has 2 N–H and O–H groups in total. The van der Waals surface area contributed by atoms with E-state index in [9.17, 15) is 14.9 Å². The van der Waals surface area contributed by atoms with E-state index in [0.717, 1.165) is 16.5 Å². The number of fused-ring (bicyclic) bond motifs is 2. The third-order valence-corrected chi connectivity index (χ3v) is 6.89. The number of morpholine rings is 1. The number of Topliss-reactive ketones (excluding diaryl/α,β-unsaturated/α-hetero) is 2. The van der Waals surface area contributed by atoms with Crippen LogP contribution < -0.4 is 10.6 Å². The first-order valence-corrected chi connectivity index (χ1v) is 11.7. The first-order valence-electron chi connectivity index (χ1n) is 11.7. The molecule has 2 aliphatic heterocycles. The summed E-state index contributed by atoms with van der Waals surface area (Å²) in [5.74, 6) is -1.37. The van der Waals surface area contributed by atoms with Crippen molar-refractivity contribution in [1.82, 2.24) is 4.98 Å². The van der Waals surface area contributed by atoms with Crippen LogP contribution in [0.1, 0.15) is 37.8 Å². The Bertz CT molecular complexity index is 1570. The summed E-state index contributed by atoms with van der Waals surface area (Å²) in [7, 11) is 0. The van der Waals surface area contributed by atoms with E-state index in [1.165, 1.54) is 0 Å². The van der Waals surface area contributed by atoms with E-state index >= 15 is 0 Å². The number of anilines is 1. The molecule has 178 valence electrons. The number of nitrogens with two attached hydrogens (primary N) is 1. The predicted octanol–water partition coefficient (Wildman–Crippen LogP) is 3.52. The number of aromatic nitrogens is 1. The van der Waals surface area contributed by atoms with Crippen molar-refractivity contribution in [2.24, 2.45) is 5.73 Å². The van der Waals surface area contributed by atoms with Crippen molar-refractivity contribution < 1.29 is 19.1 Å². The zero-order chi connectivity index (χ0) is 25.0. The van der Waals surface area contributed by atoms with Crippen molar-refractivity contribution in [3.05, 3.63) is 93.6 Å². The Morgan fingerprint density at radius 2 is 1.78 bits per heavy atom. The van der Waals surface area contributed by atoms with E-state index < -0.39 is 11.7 Å². The van der Waals surface area contributed by atoms with Crippen molar-refractivity contribution in [2.75, 3.05) is 31.2 Å². The lowest BCUT2D eigenvalue weighted by Crippen LogP contribution is -2.38. The average molecular weight is 479 g/mol. The van der Waals surface area contributed by atoms with Gasteiger partial charge in [0.25, 0.3) is 0 Å². The number of nitriles is 1. The number of nitrogens with zero attached hydrogens (tertiary/aromatic N) is 3. The third-order valence-electron chi connectivity index (χ3n) is 6.89. The number of ether oxygens (including phenoxy) is 2. The normalized spacial score (nSPS) is 19.7. The van der Waals surface area contributed by atoms with Crippen LogP contribution in [-0.4, -0.2) is 42.9 Å². The van der Waals surface area contributed by atoms with Gasteiger partial charge in [0.05, 0.1) is 30.2 Å². The Balaban J connectivity index is 1.64. The molecule has 0 amide bonds. The van der Waals surface area contributed by atoms with Crippen LogP contribution in [0.3, 0.4) is 0 Å². The monoisotopic (exact) mass is 478 g/mol. The lowest BCUT2D eigenvalue weighted by atomic mass is 9.75. The van der Waals surface area contributed by atoms with Crippen molar-refractivity contribution in [1.29, 1.82) is 5.26 Å². The molecule has 1 unspecified atom stereocenters. The molecule has 0 spiro atoms. The number of benzene rings is 2. The standard InChI is InChI=1S/C28H22N4O4/c1-15-6-7-21-16(12-15)13-19(28(31-21)32-8-10-35-11-9-32)22-20(14-29)27(30)36-26-23(22)24(33)17-4-2-3-5-18(17)25(26)34/h2-7,12-13,22H,8-11,30H2,1H3. The molecule has 0 bridgehead atoms. The van der Waals surface area contributed by atoms with Crippen LogP contribution in [0.15, 0.2) is 71.3 Å². The van der Waals surface area contributed by atoms with Gasteiger partial charge in [-0.15, -0.1) is 0 Å². The fraction of sp³-hybridized carbons (Fsp3) is 0.214. The fourth-order valence-electron chi connectivity index (χ4n) is 5.16. The van der Waals surface area contributed by atoms with E-state index in [0.29, 0.717) is 37.7 Å². The Morgan fingerprint density at radius 1 is 1.06 bits per heavy atom. The summed E-state index contributed by atoms with van der Waals surface area (Å²) < 4.78 is 11.2. The van der Waals surface area contributed by atoms with Gasteiger partial charge in [0.2, 0.25) is 11.7 Å². The summed E-state index contributed by atoms with van der Waals surface area (Å²) in [5, 5.41) is 11.0. The van der Waals surface area contributed by atoms with Gasteiger partial charge in [-0.1, -0.05) is 35.9 Å². The van der Waals surface area contributed by atoms with Crippen LogP contribution in [0.2, 0.25) is 0 Å². The van der Waals surface area contributed by atoms with E-state index in [1.807, 2.05) is 31.2 Å². The van der Waals surface area contributed by atoms with Crippen LogP contribution in [0.4, 0.5) is 5.82 Å². The number of hydrogen-bond acceptors (Lipinski definition) is 8. The van der Waals surface area contributed by atoms with Crippen LogP contribution >= 0.6 is 0 Å². The maximum absolute atomic E-state index is 13.8. The summed E-state index contributed by atoms with van der Waals surface area (Å²) >= 11 is 0. The highest BCUT2D eigenvalue weighted by molar-refractivity contribution is 6.27. The molecule has 1 aliphatic carbocycles. The second kappa shape index (κ2) is 8.33. The molecule has 8 nitrogen and oxygen atoms in total. The molecule has 6 rings (SSSR count). The first kappa shape index (κ1) is 22.0. The summed E-state index contributed by atoms with van der Waals surface area (Å²) in [5.41, 5.74) is 9.41. The lowest BCUT2D eigenvalue weighted by Gasteiger charge is -2.35. The van der Waals surface area contributed by atoms with Gasteiger partial charge in [-0.3, -0.25) is 9.59 Å². The van der Waals surface area contributed by atoms with Gasteiger partial charge in [0.1, 0.15) is 17.5 Å². The number of rotatable bonds is 2. The molecule has 1 atom stereocenters. The predicted molar refractivity (Wildman–Crippen MR) is 132 cm³/mol. The molecule has 3 aromatic rings. The number of ketones is 2.